The van der Waals surface area contributed by atoms with E-state index in [0.717, 1.165) is 37.4 Å². The summed E-state index contributed by atoms with van der Waals surface area (Å²) >= 11 is 7.76. The normalized spacial score (nSPS) is 21.1. The first-order valence-corrected chi connectivity index (χ1v) is 16.1. The Morgan fingerprint density at radius 3 is 2.78 bits per heavy atom. The maximum Gasteiger partial charge on any atom is 0.318 e. The lowest BCUT2D eigenvalue weighted by molar-refractivity contribution is 0.292. The van der Waals surface area contributed by atoms with Crippen LogP contribution in [-0.4, -0.2) is 80.1 Å². The molecule has 8 rings (SSSR count). The van der Waals surface area contributed by atoms with E-state index in [4.69, 9.17) is 26.8 Å². The lowest BCUT2D eigenvalue weighted by atomic mass is 9.96. The smallest absolute Gasteiger partial charge is 0.318 e. The number of fused-ring (bicyclic) bond motifs is 2. The van der Waals surface area contributed by atoms with Crippen LogP contribution in [0.25, 0.3) is 32.1 Å². The second kappa shape index (κ2) is 12.0. The highest BCUT2D eigenvalue weighted by atomic mass is 35.5. The number of methoxy groups -OCH3 is 1. The van der Waals surface area contributed by atoms with E-state index in [1.54, 1.807) is 0 Å². The molecule has 0 amide bonds. The molecule has 3 fully saturated rings. The summed E-state index contributed by atoms with van der Waals surface area (Å²) in [6.07, 6.45) is 2.81. The number of anilines is 2. The van der Waals surface area contributed by atoms with Gasteiger partial charge in [0.25, 0.3) is 0 Å². The first-order valence-electron chi connectivity index (χ1n) is 14.9. The minimum Gasteiger partial charge on any atom is -0.489 e. The monoisotopic (exact) mass is 657 g/mol. The van der Waals surface area contributed by atoms with Gasteiger partial charge in [-0.3, -0.25) is 4.90 Å². The molecule has 3 N–H and O–H groups in total. The number of nitrogen functional groups attached to an aromatic ring is 1. The van der Waals surface area contributed by atoms with Crippen molar-refractivity contribution in [1.82, 2.24) is 20.2 Å². The molecule has 6 heterocycles. The standard InChI is InChI=1S/C24H19ClF2N6O2S.C7H12FN/c1-34-24-31-19-16-20(35-5-4-33(23(16)32-24)9-10-7-30-8-10)17(25)15(18(19)27)11-2-3-13(26)21-14(11)12(6-28)22(29)36-21;8-6-4-7-2-1-3-9(7)5-6/h2-3,10,30H,4-5,7-9,29H2,1H3;6-7H,1-5H2/t;6-,7?/m.1/s1. The van der Waals surface area contributed by atoms with Crippen molar-refractivity contribution in [2.45, 2.75) is 31.5 Å². The number of alkyl halides is 1. The van der Waals surface area contributed by atoms with Gasteiger partial charge in [-0.1, -0.05) is 17.7 Å². The molecule has 4 aromatic rings. The zero-order valence-electron chi connectivity index (χ0n) is 24.5. The summed E-state index contributed by atoms with van der Waals surface area (Å²) in [6, 6.07) is 5.21. The summed E-state index contributed by atoms with van der Waals surface area (Å²) in [6.45, 7) is 5.12. The van der Waals surface area contributed by atoms with Crippen molar-refractivity contribution in [2.24, 2.45) is 5.92 Å². The van der Waals surface area contributed by atoms with Gasteiger partial charge in [0.05, 0.1) is 34.3 Å². The molecular weight excluding hydrogens is 627 g/mol. The molecule has 9 nitrogen and oxygen atoms in total. The number of nitrogens with two attached hydrogens (primary N) is 1. The topological polar surface area (TPSA) is 113 Å². The molecule has 2 aromatic carbocycles. The largest absolute Gasteiger partial charge is 0.489 e. The Morgan fingerprint density at radius 2 is 2.07 bits per heavy atom. The fraction of sp³-hybridized carbons (Fsp3) is 0.452. The molecule has 0 radical (unpaired) electrons. The number of thiophene rings is 1. The second-order valence-corrected chi connectivity index (χ2v) is 13.2. The fourth-order valence-corrected chi connectivity index (χ4v) is 8.08. The van der Waals surface area contributed by atoms with E-state index in [1.807, 2.05) is 11.0 Å². The average Bonchev–Trinajstić information content (AvgIpc) is 3.65. The van der Waals surface area contributed by atoms with Crippen molar-refractivity contribution in [3.63, 3.8) is 0 Å². The van der Waals surface area contributed by atoms with E-state index in [9.17, 15) is 14.0 Å². The van der Waals surface area contributed by atoms with E-state index >= 15 is 4.39 Å². The van der Waals surface area contributed by atoms with Gasteiger partial charge in [-0.05, 0) is 37.4 Å². The second-order valence-electron chi connectivity index (χ2n) is 11.8. The number of hydrogen-bond acceptors (Lipinski definition) is 10. The van der Waals surface area contributed by atoms with Crippen LogP contribution in [0.1, 0.15) is 24.8 Å². The van der Waals surface area contributed by atoms with Crippen LogP contribution in [0.3, 0.4) is 0 Å². The Bertz CT molecular complexity index is 1830. The number of benzene rings is 2. The summed E-state index contributed by atoms with van der Waals surface area (Å²) in [4.78, 5) is 13.2. The minimum absolute atomic E-state index is 0.00370. The minimum atomic E-state index is -0.752. The average molecular weight is 658 g/mol. The molecule has 4 aliphatic rings. The Balaban J connectivity index is 0.000000308. The first-order chi connectivity index (χ1) is 21.8. The third kappa shape index (κ3) is 5.17. The van der Waals surface area contributed by atoms with E-state index < -0.39 is 17.8 Å². The Kier molecular flexibility index (Phi) is 8.02. The van der Waals surface area contributed by atoms with Crippen molar-refractivity contribution < 1.29 is 22.6 Å². The maximum atomic E-state index is 16.4. The molecule has 0 spiro atoms. The number of nitrogens with one attached hydrogen (secondary N) is 1. The van der Waals surface area contributed by atoms with Crippen LogP contribution in [0.2, 0.25) is 5.02 Å². The highest BCUT2D eigenvalue weighted by molar-refractivity contribution is 7.23. The molecule has 1 unspecified atom stereocenters. The quantitative estimate of drug-likeness (QED) is 0.293. The predicted octanol–water partition coefficient (Wildman–Crippen LogP) is 5.52. The lowest BCUT2D eigenvalue weighted by Gasteiger charge is -2.33. The number of nitrogens with zero attached hydrogens (tertiary/aromatic N) is 5. The Labute approximate surface area is 266 Å². The van der Waals surface area contributed by atoms with Gasteiger partial charge in [0.15, 0.2) is 11.6 Å². The molecular formula is C31H31ClF3N7O2S. The third-order valence-electron chi connectivity index (χ3n) is 9.04. The molecule has 14 heteroatoms. The zero-order chi connectivity index (χ0) is 31.4. The molecule has 0 saturated carbocycles. The Hall–Kier alpha value is -3.57. The lowest BCUT2D eigenvalue weighted by Crippen LogP contribution is -2.49. The number of rotatable bonds is 4. The maximum absolute atomic E-state index is 16.4. The fourth-order valence-electron chi connectivity index (χ4n) is 6.79. The summed E-state index contributed by atoms with van der Waals surface area (Å²) in [5.74, 6) is -0.188. The van der Waals surface area contributed by atoms with Crippen LogP contribution in [-0.2, 0) is 0 Å². The molecule has 3 saturated heterocycles. The number of aromatic nitrogens is 2. The number of halogens is 4. The van der Waals surface area contributed by atoms with Gasteiger partial charge >= 0.3 is 6.01 Å². The van der Waals surface area contributed by atoms with Crippen LogP contribution in [0.4, 0.5) is 24.0 Å². The molecule has 236 valence electrons. The highest BCUT2D eigenvalue weighted by Crippen LogP contribution is 2.50. The van der Waals surface area contributed by atoms with Crippen molar-refractivity contribution in [1.29, 1.82) is 5.26 Å². The molecule has 2 aromatic heterocycles. The van der Waals surface area contributed by atoms with E-state index in [-0.39, 0.29) is 60.7 Å². The van der Waals surface area contributed by atoms with Crippen molar-refractivity contribution in [3.05, 3.63) is 34.4 Å². The molecule has 0 aliphatic carbocycles. The number of ether oxygens (including phenoxy) is 2. The van der Waals surface area contributed by atoms with Gasteiger partial charge < -0.3 is 25.4 Å². The molecule has 2 atom stereocenters. The summed E-state index contributed by atoms with van der Waals surface area (Å²) in [7, 11) is 1.41. The summed E-state index contributed by atoms with van der Waals surface area (Å²) in [5.41, 5.74) is 6.19. The van der Waals surface area contributed by atoms with Crippen molar-refractivity contribution >= 4 is 54.7 Å². The molecule has 0 bridgehead atoms. The van der Waals surface area contributed by atoms with Gasteiger partial charge in [-0.25, -0.2) is 13.2 Å². The first kappa shape index (κ1) is 30.1. The highest BCUT2D eigenvalue weighted by Gasteiger charge is 2.35. The zero-order valence-corrected chi connectivity index (χ0v) is 26.1. The van der Waals surface area contributed by atoms with E-state index in [1.165, 1.54) is 32.1 Å². The SMILES string of the molecule is COc1nc2c3c(c(Cl)c(-c4ccc(F)c5sc(N)c(C#N)c45)c(F)c3n1)OCCN2CC1CNC1.F[C@@H]1CC2CCCN2C1. The Morgan fingerprint density at radius 1 is 1.24 bits per heavy atom. The summed E-state index contributed by atoms with van der Waals surface area (Å²) in [5, 5.41) is 13.6. The van der Waals surface area contributed by atoms with Crippen LogP contribution in [0, 0.1) is 28.9 Å². The van der Waals surface area contributed by atoms with Gasteiger partial charge in [-0.2, -0.15) is 15.2 Å². The van der Waals surface area contributed by atoms with Crippen LogP contribution >= 0.6 is 22.9 Å². The molecule has 45 heavy (non-hydrogen) atoms. The van der Waals surface area contributed by atoms with Crippen molar-refractivity contribution in [3.8, 4) is 29.0 Å². The van der Waals surface area contributed by atoms with Crippen LogP contribution < -0.4 is 25.4 Å². The van der Waals surface area contributed by atoms with Crippen molar-refractivity contribution in [2.75, 3.05) is 63.6 Å². The van der Waals surface area contributed by atoms with E-state index in [0.29, 0.717) is 42.8 Å². The molecule has 4 aliphatic heterocycles. The van der Waals surface area contributed by atoms with Crippen LogP contribution in [0.15, 0.2) is 12.1 Å². The van der Waals surface area contributed by atoms with Gasteiger partial charge in [0.1, 0.15) is 41.0 Å². The third-order valence-corrected chi connectivity index (χ3v) is 10.4. The van der Waals surface area contributed by atoms with Gasteiger partial charge in [-0.15, -0.1) is 11.3 Å². The predicted molar refractivity (Wildman–Crippen MR) is 169 cm³/mol. The number of hydrogen-bond donors (Lipinski definition) is 2. The van der Waals surface area contributed by atoms with Gasteiger partial charge in [0.2, 0.25) is 0 Å². The summed E-state index contributed by atoms with van der Waals surface area (Å²) < 4.78 is 55.2. The van der Waals surface area contributed by atoms with Crippen LogP contribution in [0.5, 0.6) is 11.8 Å². The number of nitriles is 1. The van der Waals surface area contributed by atoms with E-state index in [2.05, 4.69) is 20.2 Å². The van der Waals surface area contributed by atoms with Gasteiger partial charge in [0, 0.05) is 49.1 Å².